The number of likely N-dealkylation sites (tertiary alicyclic amines) is 1. The maximum atomic E-state index is 12.0. The van der Waals surface area contributed by atoms with E-state index in [4.69, 9.17) is 10.3 Å². The summed E-state index contributed by atoms with van der Waals surface area (Å²) in [6.45, 7) is 0.816. The van der Waals surface area contributed by atoms with Crippen molar-refractivity contribution in [3.8, 4) is 0 Å². The molecule has 1 saturated heterocycles. The third-order valence-corrected chi connectivity index (χ3v) is 3.10. The molecule has 1 atom stereocenters. The van der Waals surface area contributed by atoms with E-state index in [2.05, 4.69) is 10.0 Å². The number of hydrogen-bond acceptors (Lipinski definition) is 3. The van der Waals surface area contributed by atoms with Gasteiger partial charge in [0, 0.05) is 11.5 Å². The van der Waals surface area contributed by atoms with Gasteiger partial charge < -0.3 is 4.74 Å². The van der Waals surface area contributed by atoms with Crippen LogP contribution in [0.15, 0.2) is 35.4 Å². The highest BCUT2D eigenvalue weighted by atomic mass is 16.6. The van der Waals surface area contributed by atoms with E-state index < -0.39 is 12.3 Å². The van der Waals surface area contributed by atoms with Crippen molar-refractivity contribution in [3.63, 3.8) is 0 Å². The number of rotatable bonds is 3. The zero-order valence-corrected chi connectivity index (χ0v) is 10.6. The van der Waals surface area contributed by atoms with E-state index in [1.165, 1.54) is 4.90 Å². The molecule has 0 bridgehead atoms. The first-order valence-electron chi connectivity index (χ1n) is 6.33. The molecule has 2 rings (SSSR count). The second kappa shape index (κ2) is 6.66. The molecule has 0 spiro atoms. The van der Waals surface area contributed by atoms with Gasteiger partial charge in [-0.25, -0.2) is 4.79 Å². The van der Waals surface area contributed by atoms with Gasteiger partial charge in [-0.15, -0.1) is 0 Å². The number of azide groups is 1. The van der Waals surface area contributed by atoms with Crippen molar-refractivity contribution in [1.29, 1.82) is 0 Å². The van der Waals surface area contributed by atoms with Crippen LogP contribution >= 0.6 is 0 Å². The Kier molecular flexibility index (Phi) is 4.64. The van der Waals surface area contributed by atoms with E-state index >= 15 is 0 Å². The van der Waals surface area contributed by atoms with Crippen molar-refractivity contribution >= 4 is 6.09 Å². The van der Waals surface area contributed by atoms with Crippen molar-refractivity contribution < 1.29 is 9.53 Å². The lowest BCUT2D eigenvalue weighted by Crippen LogP contribution is -2.42. The van der Waals surface area contributed by atoms with Gasteiger partial charge in [-0.1, -0.05) is 35.4 Å². The maximum Gasteiger partial charge on any atom is 0.410 e. The van der Waals surface area contributed by atoms with Gasteiger partial charge >= 0.3 is 6.09 Å². The van der Waals surface area contributed by atoms with E-state index in [0.717, 1.165) is 18.4 Å². The second-order valence-electron chi connectivity index (χ2n) is 4.41. The summed E-state index contributed by atoms with van der Waals surface area (Å²) in [6.07, 6.45) is 1.75. The minimum absolute atomic E-state index is 0.235. The molecule has 1 aromatic rings. The third-order valence-electron chi connectivity index (χ3n) is 3.10. The molecule has 1 aromatic carbocycles. The minimum Gasteiger partial charge on any atom is -0.445 e. The van der Waals surface area contributed by atoms with Gasteiger partial charge in [0.2, 0.25) is 0 Å². The largest absolute Gasteiger partial charge is 0.445 e. The lowest BCUT2D eigenvalue weighted by Gasteiger charge is -2.31. The molecule has 6 heteroatoms. The van der Waals surface area contributed by atoms with Crippen LogP contribution in [-0.4, -0.2) is 23.7 Å². The first-order valence-corrected chi connectivity index (χ1v) is 6.33. The number of nitrogens with zero attached hydrogens (tertiary/aromatic N) is 4. The van der Waals surface area contributed by atoms with Crippen LogP contribution in [0.5, 0.6) is 0 Å². The van der Waals surface area contributed by atoms with Gasteiger partial charge in [-0.3, -0.25) is 4.90 Å². The second-order valence-corrected chi connectivity index (χ2v) is 4.41. The van der Waals surface area contributed by atoms with Crippen LogP contribution in [0.4, 0.5) is 4.79 Å². The molecular weight excluding hydrogens is 244 g/mol. The summed E-state index contributed by atoms with van der Waals surface area (Å²) in [5, 5.41) is 3.65. The zero-order chi connectivity index (χ0) is 13.5. The molecule has 1 aliphatic rings. The molecule has 1 fully saturated rings. The van der Waals surface area contributed by atoms with Crippen molar-refractivity contribution in [3.05, 3.63) is 46.3 Å². The van der Waals surface area contributed by atoms with Crippen LogP contribution in [0.25, 0.3) is 10.4 Å². The summed E-state index contributed by atoms with van der Waals surface area (Å²) in [6, 6.07) is 9.50. The molecule has 1 amide bonds. The number of piperidine rings is 1. The van der Waals surface area contributed by atoms with Crippen molar-refractivity contribution in [2.45, 2.75) is 32.0 Å². The topological polar surface area (TPSA) is 78.3 Å². The fourth-order valence-corrected chi connectivity index (χ4v) is 2.11. The summed E-state index contributed by atoms with van der Waals surface area (Å²) in [5.74, 6) is 0. The van der Waals surface area contributed by atoms with E-state index in [0.29, 0.717) is 13.0 Å². The van der Waals surface area contributed by atoms with E-state index in [1.54, 1.807) is 0 Å². The van der Waals surface area contributed by atoms with Gasteiger partial charge in [-0.2, -0.15) is 0 Å². The Balaban J connectivity index is 1.92. The number of hydrogen-bond donors (Lipinski definition) is 0. The molecule has 0 radical (unpaired) electrons. The fraction of sp³-hybridized carbons (Fsp3) is 0.462. The minimum atomic E-state index is -0.416. The smallest absolute Gasteiger partial charge is 0.410 e. The molecule has 0 saturated carbocycles. The van der Waals surface area contributed by atoms with Gasteiger partial charge in [0.1, 0.15) is 12.8 Å². The molecule has 1 unspecified atom stereocenters. The summed E-state index contributed by atoms with van der Waals surface area (Å²) in [4.78, 5) is 16.3. The predicted octanol–water partition coefficient (Wildman–Crippen LogP) is 3.45. The van der Waals surface area contributed by atoms with Gasteiger partial charge in [0.05, 0.1) is 0 Å². The Morgan fingerprint density at radius 3 is 2.95 bits per heavy atom. The number of ether oxygens (including phenoxy) is 1. The Labute approximate surface area is 111 Å². The Morgan fingerprint density at radius 1 is 1.42 bits per heavy atom. The van der Waals surface area contributed by atoms with E-state index in [1.807, 2.05) is 30.3 Å². The third kappa shape index (κ3) is 3.63. The molecule has 0 N–H and O–H groups in total. The summed E-state index contributed by atoms with van der Waals surface area (Å²) in [5.41, 5.74) is 9.44. The van der Waals surface area contributed by atoms with Crippen LogP contribution in [0, 0.1) is 0 Å². The van der Waals surface area contributed by atoms with Gasteiger partial charge in [0.25, 0.3) is 0 Å². The van der Waals surface area contributed by atoms with Gasteiger partial charge in [-0.05, 0) is 30.4 Å². The highest BCUT2D eigenvalue weighted by molar-refractivity contribution is 5.68. The molecule has 0 aromatic heterocycles. The van der Waals surface area contributed by atoms with Crippen LogP contribution < -0.4 is 0 Å². The number of carbonyl (C=O) groups excluding carboxylic acids is 1. The highest BCUT2D eigenvalue weighted by Crippen LogP contribution is 2.19. The van der Waals surface area contributed by atoms with Crippen molar-refractivity contribution in [2.75, 3.05) is 6.54 Å². The first kappa shape index (κ1) is 13.2. The van der Waals surface area contributed by atoms with E-state index in [9.17, 15) is 4.79 Å². The fourth-order valence-electron chi connectivity index (χ4n) is 2.11. The highest BCUT2D eigenvalue weighted by Gasteiger charge is 2.26. The monoisotopic (exact) mass is 260 g/mol. The molecule has 0 aliphatic carbocycles. The Hall–Kier alpha value is -2.20. The van der Waals surface area contributed by atoms with Gasteiger partial charge in [0.15, 0.2) is 0 Å². The first-order chi connectivity index (χ1) is 9.31. The Bertz CT molecular complexity index is 471. The molecule has 1 heterocycles. The number of carbonyl (C=O) groups is 1. The van der Waals surface area contributed by atoms with Crippen molar-refractivity contribution in [1.82, 2.24) is 4.90 Å². The lowest BCUT2D eigenvalue weighted by molar-refractivity contribution is 0.0696. The van der Waals surface area contributed by atoms with E-state index in [-0.39, 0.29) is 6.61 Å². The van der Waals surface area contributed by atoms with Crippen LogP contribution in [0.3, 0.4) is 0 Å². The molecule has 100 valence electrons. The zero-order valence-electron chi connectivity index (χ0n) is 10.6. The summed E-state index contributed by atoms with van der Waals surface area (Å²) >= 11 is 0. The molecule has 1 aliphatic heterocycles. The Morgan fingerprint density at radius 2 is 2.21 bits per heavy atom. The molecular formula is C13H16N4O2. The number of benzene rings is 1. The molecule has 19 heavy (non-hydrogen) atoms. The maximum absolute atomic E-state index is 12.0. The van der Waals surface area contributed by atoms with Crippen LogP contribution in [0.2, 0.25) is 0 Å². The predicted molar refractivity (Wildman–Crippen MR) is 70.1 cm³/mol. The summed E-state index contributed by atoms with van der Waals surface area (Å²) < 4.78 is 5.25. The van der Waals surface area contributed by atoms with Crippen LogP contribution in [0.1, 0.15) is 24.8 Å². The average Bonchev–Trinajstić information content (AvgIpc) is 2.47. The lowest BCUT2D eigenvalue weighted by atomic mass is 10.1. The number of amides is 1. The molecule has 6 nitrogen and oxygen atoms in total. The summed E-state index contributed by atoms with van der Waals surface area (Å²) in [7, 11) is 0. The average molecular weight is 260 g/mol. The standard InChI is InChI=1S/C13H16N4O2/c14-16-15-12-8-4-5-9-17(12)13(18)19-10-11-6-2-1-3-7-11/h1-3,6-7,12H,4-5,8-10H2. The van der Waals surface area contributed by atoms with Crippen LogP contribution in [-0.2, 0) is 11.3 Å². The van der Waals surface area contributed by atoms with Crippen molar-refractivity contribution in [2.24, 2.45) is 5.11 Å². The quantitative estimate of drug-likeness (QED) is 0.474. The normalized spacial score (nSPS) is 18.5. The SMILES string of the molecule is [N-]=[N+]=NC1CCCCN1C(=O)OCc1ccccc1.